The molecule has 1 aromatic carbocycles. The van der Waals surface area contributed by atoms with Crippen LogP contribution in [0.2, 0.25) is 0 Å². The second-order valence-corrected chi connectivity index (χ2v) is 4.59. The average Bonchev–Trinajstić information content (AvgIpc) is 2.48. The highest BCUT2D eigenvalue weighted by Crippen LogP contribution is 2.11. The number of halogens is 1. The molecular weight excluding hydrogens is 288 g/mol. The normalized spacial score (nSPS) is 10.1. The van der Waals surface area contributed by atoms with Crippen molar-refractivity contribution in [2.24, 2.45) is 0 Å². The van der Waals surface area contributed by atoms with Crippen molar-refractivity contribution in [2.45, 2.75) is 27.2 Å². The van der Waals surface area contributed by atoms with Crippen LogP contribution in [0.1, 0.15) is 37.6 Å². The van der Waals surface area contributed by atoms with Crippen LogP contribution in [0.5, 0.6) is 5.75 Å². The van der Waals surface area contributed by atoms with Crippen LogP contribution in [0.4, 0.5) is 0 Å². The SMILES string of the molecule is CCOc1ccc(C(=O)NCCCN(CC)CC)cc1.Cl. The van der Waals surface area contributed by atoms with Gasteiger partial charge in [0.15, 0.2) is 0 Å². The minimum absolute atomic E-state index is 0. The van der Waals surface area contributed by atoms with E-state index in [9.17, 15) is 4.79 Å². The molecular formula is C16H27ClN2O2. The van der Waals surface area contributed by atoms with E-state index < -0.39 is 0 Å². The highest BCUT2D eigenvalue weighted by molar-refractivity contribution is 5.94. The fraction of sp³-hybridized carbons (Fsp3) is 0.562. The first-order valence-electron chi connectivity index (χ1n) is 7.44. The maximum atomic E-state index is 11.9. The number of carbonyl (C=O) groups is 1. The summed E-state index contributed by atoms with van der Waals surface area (Å²) in [6.07, 6.45) is 0.977. The van der Waals surface area contributed by atoms with Crippen molar-refractivity contribution >= 4 is 18.3 Å². The van der Waals surface area contributed by atoms with Crippen molar-refractivity contribution < 1.29 is 9.53 Å². The second kappa shape index (κ2) is 11.4. The monoisotopic (exact) mass is 314 g/mol. The summed E-state index contributed by atoms with van der Waals surface area (Å²) in [5, 5.41) is 2.95. The third-order valence-corrected chi connectivity index (χ3v) is 3.26. The fourth-order valence-corrected chi connectivity index (χ4v) is 2.02. The summed E-state index contributed by atoms with van der Waals surface area (Å²) in [4.78, 5) is 14.3. The van der Waals surface area contributed by atoms with Gasteiger partial charge in [-0.1, -0.05) is 13.8 Å². The molecule has 0 saturated heterocycles. The van der Waals surface area contributed by atoms with Crippen molar-refractivity contribution in [2.75, 3.05) is 32.8 Å². The number of ether oxygens (including phenoxy) is 1. The first-order valence-corrected chi connectivity index (χ1v) is 7.44. The molecule has 5 heteroatoms. The zero-order chi connectivity index (χ0) is 14.8. The molecule has 0 unspecified atom stereocenters. The van der Waals surface area contributed by atoms with Gasteiger partial charge in [-0.15, -0.1) is 12.4 Å². The molecule has 0 aromatic heterocycles. The van der Waals surface area contributed by atoms with Crippen molar-refractivity contribution in [3.8, 4) is 5.75 Å². The molecule has 120 valence electrons. The largest absolute Gasteiger partial charge is 0.494 e. The maximum absolute atomic E-state index is 11.9. The highest BCUT2D eigenvalue weighted by Gasteiger charge is 2.05. The topological polar surface area (TPSA) is 41.6 Å². The minimum atomic E-state index is -0.0207. The molecule has 0 heterocycles. The highest BCUT2D eigenvalue weighted by atomic mass is 35.5. The standard InChI is InChI=1S/C16H26N2O2.ClH/c1-4-18(5-2)13-7-12-17-16(19)14-8-10-15(11-9-14)20-6-3;/h8-11H,4-7,12-13H2,1-3H3,(H,17,19);1H. The summed E-state index contributed by atoms with van der Waals surface area (Å²) in [5.41, 5.74) is 0.677. The van der Waals surface area contributed by atoms with E-state index in [2.05, 4.69) is 24.1 Å². The molecule has 1 amide bonds. The zero-order valence-electron chi connectivity index (χ0n) is 13.2. The van der Waals surface area contributed by atoms with E-state index in [4.69, 9.17) is 4.74 Å². The Balaban J connectivity index is 0.00000400. The van der Waals surface area contributed by atoms with Crippen LogP contribution in [0.3, 0.4) is 0 Å². The molecule has 0 bridgehead atoms. The number of rotatable bonds is 9. The van der Waals surface area contributed by atoms with Gasteiger partial charge in [0.2, 0.25) is 0 Å². The molecule has 1 rings (SSSR count). The Morgan fingerprint density at radius 3 is 2.29 bits per heavy atom. The first-order chi connectivity index (χ1) is 9.71. The molecule has 0 atom stereocenters. The second-order valence-electron chi connectivity index (χ2n) is 4.59. The van der Waals surface area contributed by atoms with Crippen LogP contribution >= 0.6 is 12.4 Å². The minimum Gasteiger partial charge on any atom is -0.494 e. The lowest BCUT2D eigenvalue weighted by atomic mass is 10.2. The Bertz CT molecular complexity index is 392. The Kier molecular flexibility index (Phi) is 10.7. The summed E-state index contributed by atoms with van der Waals surface area (Å²) in [6, 6.07) is 7.25. The van der Waals surface area contributed by atoms with Gasteiger partial charge in [0, 0.05) is 12.1 Å². The fourth-order valence-electron chi connectivity index (χ4n) is 2.02. The predicted octanol–water partition coefficient (Wildman–Crippen LogP) is 2.97. The lowest BCUT2D eigenvalue weighted by Gasteiger charge is -2.17. The lowest BCUT2D eigenvalue weighted by Crippen LogP contribution is -2.29. The predicted molar refractivity (Wildman–Crippen MR) is 89.6 cm³/mol. The molecule has 1 aromatic rings. The quantitative estimate of drug-likeness (QED) is 0.713. The summed E-state index contributed by atoms with van der Waals surface area (Å²) >= 11 is 0. The molecule has 4 nitrogen and oxygen atoms in total. The van der Waals surface area contributed by atoms with E-state index >= 15 is 0 Å². The zero-order valence-corrected chi connectivity index (χ0v) is 14.0. The lowest BCUT2D eigenvalue weighted by molar-refractivity contribution is 0.0952. The number of hydrogen-bond donors (Lipinski definition) is 1. The molecule has 0 fully saturated rings. The van der Waals surface area contributed by atoms with Crippen LogP contribution in [-0.2, 0) is 0 Å². The van der Waals surface area contributed by atoms with Crippen LogP contribution < -0.4 is 10.1 Å². The average molecular weight is 315 g/mol. The number of benzene rings is 1. The molecule has 21 heavy (non-hydrogen) atoms. The molecule has 0 aliphatic heterocycles. The third kappa shape index (κ3) is 7.34. The van der Waals surface area contributed by atoms with Gasteiger partial charge < -0.3 is 15.0 Å². The summed E-state index contributed by atoms with van der Waals surface area (Å²) < 4.78 is 5.35. The van der Waals surface area contributed by atoms with Gasteiger partial charge in [-0.2, -0.15) is 0 Å². The Labute approximate surface area is 134 Å². The molecule has 0 radical (unpaired) electrons. The van der Waals surface area contributed by atoms with Gasteiger partial charge in [-0.3, -0.25) is 4.79 Å². The van der Waals surface area contributed by atoms with E-state index in [1.54, 1.807) is 12.1 Å². The third-order valence-electron chi connectivity index (χ3n) is 3.26. The first kappa shape index (κ1) is 19.7. The van der Waals surface area contributed by atoms with Gasteiger partial charge in [-0.25, -0.2) is 0 Å². The molecule has 0 aliphatic rings. The van der Waals surface area contributed by atoms with Crippen molar-refractivity contribution in [1.29, 1.82) is 0 Å². The van der Waals surface area contributed by atoms with Gasteiger partial charge in [-0.05, 0) is 57.2 Å². The molecule has 0 spiro atoms. The van der Waals surface area contributed by atoms with Crippen LogP contribution in [0.25, 0.3) is 0 Å². The van der Waals surface area contributed by atoms with Gasteiger partial charge >= 0.3 is 0 Å². The van der Waals surface area contributed by atoms with Gasteiger partial charge in [0.1, 0.15) is 5.75 Å². The number of nitrogens with zero attached hydrogens (tertiary/aromatic N) is 1. The van der Waals surface area contributed by atoms with E-state index in [-0.39, 0.29) is 18.3 Å². The van der Waals surface area contributed by atoms with Crippen molar-refractivity contribution in [1.82, 2.24) is 10.2 Å². The Hall–Kier alpha value is -1.26. The summed E-state index contributed by atoms with van der Waals surface area (Å²) in [5.74, 6) is 0.776. The van der Waals surface area contributed by atoms with Gasteiger partial charge in [0.05, 0.1) is 6.61 Å². The number of amides is 1. The van der Waals surface area contributed by atoms with E-state index in [1.165, 1.54) is 0 Å². The van der Waals surface area contributed by atoms with Crippen LogP contribution in [0, 0.1) is 0 Å². The smallest absolute Gasteiger partial charge is 0.251 e. The number of hydrogen-bond acceptors (Lipinski definition) is 3. The van der Waals surface area contributed by atoms with E-state index in [0.717, 1.165) is 31.8 Å². The Morgan fingerprint density at radius 1 is 1.14 bits per heavy atom. The van der Waals surface area contributed by atoms with E-state index in [0.29, 0.717) is 18.7 Å². The number of nitrogens with one attached hydrogen (secondary N) is 1. The molecule has 0 saturated carbocycles. The van der Waals surface area contributed by atoms with Crippen molar-refractivity contribution in [3.63, 3.8) is 0 Å². The number of carbonyl (C=O) groups excluding carboxylic acids is 1. The maximum Gasteiger partial charge on any atom is 0.251 e. The van der Waals surface area contributed by atoms with Crippen molar-refractivity contribution in [3.05, 3.63) is 29.8 Å². The van der Waals surface area contributed by atoms with E-state index in [1.807, 2.05) is 19.1 Å². The molecule has 1 N–H and O–H groups in total. The Morgan fingerprint density at radius 2 is 1.76 bits per heavy atom. The van der Waals surface area contributed by atoms with Crippen LogP contribution in [-0.4, -0.2) is 43.6 Å². The molecule has 0 aliphatic carbocycles. The summed E-state index contributed by atoms with van der Waals surface area (Å²) in [7, 11) is 0. The van der Waals surface area contributed by atoms with Gasteiger partial charge in [0.25, 0.3) is 5.91 Å². The summed E-state index contributed by atoms with van der Waals surface area (Å²) in [6.45, 7) is 10.7. The van der Waals surface area contributed by atoms with Crippen LogP contribution in [0.15, 0.2) is 24.3 Å².